The van der Waals surface area contributed by atoms with Gasteiger partial charge in [-0.3, -0.25) is 19.7 Å². The number of hydrogen-bond acceptors (Lipinski definition) is 5. The molecule has 2 N–H and O–H groups in total. The largest absolute Gasteiger partial charge is 0.398 e. The average Bonchev–Trinajstić information content (AvgIpc) is 2.67. The van der Waals surface area contributed by atoms with E-state index in [1.165, 1.54) is 24.3 Å². The third kappa shape index (κ3) is 3.21. The molecule has 0 aliphatic heterocycles. The number of carbonyl (C=O) groups is 2. The molecule has 3 aromatic rings. The Labute approximate surface area is 149 Å². The first-order valence-corrected chi connectivity index (χ1v) is 7.76. The van der Waals surface area contributed by atoms with Crippen LogP contribution in [0.25, 0.3) is 0 Å². The molecular formula is C20H14N2O4. The van der Waals surface area contributed by atoms with Gasteiger partial charge in [0, 0.05) is 34.5 Å². The van der Waals surface area contributed by atoms with Crippen molar-refractivity contribution < 1.29 is 14.5 Å². The molecule has 0 amide bonds. The summed E-state index contributed by atoms with van der Waals surface area (Å²) in [5.74, 6) is -0.777. The second-order valence-corrected chi connectivity index (χ2v) is 5.60. The Morgan fingerprint density at radius 3 is 2.00 bits per heavy atom. The summed E-state index contributed by atoms with van der Waals surface area (Å²) >= 11 is 0. The Balaban J connectivity index is 2.06. The van der Waals surface area contributed by atoms with Gasteiger partial charge in [0.15, 0.2) is 11.6 Å². The van der Waals surface area contributed by atoms with E-state index in [1.807, 2.05) is 0 Å². The van der Waals surface area contributed by atoms with Gasteiger partial charge in [0.1, 0.15) is 0 Å². The van der Waals surface area contributed by atoms with E-state index in [0.29, 0.717) is 5.56 Å². The number of nitro groups is 1. The summed E-state index contributed by atoms with van der Waals surface area (Å²) in [5, 5.41) is 10.8. The Morgan fingerprint density at radius 2 is 1.38 bits per heavy atom. The van der Waals surface area contributed by atoms with Gasteiger partial charge in [0.25, 0.3) is 5.69 Å². The van der Waals surface area contributed by atoms with Crippen LogP contribution in [0, 0.1) is 10.1 Å². The lowest BCUT2D eigenvalue weighted by molar-refractivity contribution is -0.384. The van der Waals surface area contributed by atoms with E-state index in [2.05, 4.69) is 0 Å². The van der Waals surface area contributed by atoms with Crippen LogP contribution in [0.15, 0.2) is 72.8 Å². The van der Waals surface area contributed by atoms with Crippen LogP contribution >= 0.6 is 0 Å². The zero-order valence-electron chi connectivity index (χ0n) is 13.6. The van der Waals surface area contributed by atoms with Crippen LogP contribution in [-0.2, 0) is 0 Å². The van der Waals surface area contributed by atoms with Crippen LogP contribution in [0.2, 0.25) is 0 Å². The lowest BCUT2D eigenvalue weighted by atomic mass is 9.92. The first-order chi connectivity index (χ1) is 12.5. The molecule has 6 nitrogen and oxygen atoms in total. The lowest BCUT2D eigenvalue weighted by Gasteiger charge is -2.11. The maximum Gasteiger partial charge on any atom is 0.269 e. The highest BCUT2D eigenvalue weighted by Gasteiger charge is 2.22. The van der Waals surface area contributed by atoms with E-state index in [4.69, 9.17) is 5.73 Å². The Hall–Kier alpha value is -3.80. The van der Waals surface area contributed by atoms with Crippen molar-refractivity contribution in [1.82, 2.24) is 0 Å². The second-order valence-electron chi connectivity index (χ2n) is 5.60. The molecular weight excluding hydrogens is 332 g/mol. The molecule has 0 saturated carbocycles. The van der Waals surface area contributed by atoms with Gasteiger partial charge < -0.3 is 5.73 Å². The molecule has 0 fully saturated rings. The van der Waals surface area contributed by atoms with E-state index < -0.39 is 10.7 Å². The molecule has 0 spiro atoms. The molecule has 128 valence electrons. The number of nitro benzene ring substituents is 1. The molecule has 0 aromatic heterocycles. The minimum absolute atomic E-state index is 0.0928. The zero-order valence-corrected chi connectivity index (χ0v) is 13.6. The van der Waals surface area contributed by atoms with Crippen molar-refractivity contribution in [1.29, 1.82) is 0 Å². The third-order valence-corrected chi connectivity index (χ3v) is 3.94. The molecule has 0 aliphatic carbocycles. The molecule has 0 heterocycles. The highest BCUT2D eigenvalue weighted by Crippen LogP contribution is 2.24. The number of nitrogens with two attached hydrogens (primary N) is 1. The third-order valence-electron chi connectivity index (χ3n) is 3.94. The maximum atomic E-state index is 12.9. The van der Waals surface area contributed by atoms with Crippen LogP contribution in [0.3, 0.4) is 0 Å². The van der Waals surface area contributed by atoms with Crippen LogP contribution in [0.5, 0.6) is 0 Å². The molecule has 3 aromatic carbocycles. The number of ketones is 2. The van der Waals surface area contributed by atoms with E-state index in [1.54, 1.807) is 48.5 Å². The minimum Gasteiger partial charge on any atom is -0.398 e. The number of carbonyl (C=O) groups excluding carboxylic acids is 2. The van der Waals surface area contributed by atoms with Crippen molar-refractivity contribution in [3.8, 4) is 0 Å². The highest BCUT2D eigenvalue weighted by molar-refractivity contribution is 6.21. The molecule has 0 bridgehead atoms. The van der Waals surface area contributed by atoms with Gasteiger partial charge in [0.2, 0.25) is 0 Å². The smallest absolute Gasteiger partial charge is 0.269 e. The molecule has 0 radical (unpaired) electrons. The molecule has 26 heavy (non-hydrogen) atoms. The summed E-state index contributed by atoms with van der Waals surface area (Å²) in [6.45, 7) is 0. The van der Waals surface area contributed by atoms with Gasteiger partial charge in [-0.05, 0) is 18.2 Å². The van der Waals surface area contributed by atoms with Gasteiger partial charge >= 0.3 is 0 Å². The van der Waals surface area contributed by atoms with Crippen LogP contribution in [-0.4, -0.2) is 16.5 Å². The van der Waals surface area contributed by atoms with Crippen molar-refractivity contribution in [2.75, 3.05) is 5.73 Å². The number of anilines is 1. The predicted octanol–water partition coefficient (Wildman–Crippen LogP) is 3.64. The SMILES string of the molecule is Nc1cccc(C(=O)c2ccccc2)c1C(=O)c1ccc([N+](=O)[O-])cc1. The van der Waals surface area contributed by atoms with Crippen molar-refractivity contribution in [3.63, 3.8) is 0 Å². The van der Waals surface area contributed by atoms with Crippen molar-refractivity contribution in [2.24, 2.45) is 0 Å². The lowest BCUT2D eigenvalue weighted by Crippen LogP contribution is -2.13. The molecule has 0 atom stereocenters. The van der Waals surface area contributed by atoms with Crippen molar-refractivity contribution in [2.45, 2.75) is 0 Å². The van der Waals surface area contributed by atoms with Gasteiger partial charge in [-0.15, -0.1) is 0 Å². The molecule has 0 aliphatic rings. The first-order valence-electron chi connectivity index (χ1n) is 7.76. The molecule has 6 heteroatoms. The number of benzene rings is 3. The second kappa shape index (κ2) is 6.98. The summed E-state index contributed by atoms with van der Waals surface area (Å²) in [5.41, 5.74) is 6.97. The van der Waals surface area contributed by atoms with Crippen molar-refractivity contribution >= 4 is 22.9 Å². The fourth-order valence-corrected chi connectivity index (χ4v) is 2.64. The number of non-ortho nitro benzene ring substituents is 1. The van der Waals surface area contributed by atoms with E-state index >= 15 is 0 Å². The summed E-state index contributed by atoms with van der Waals surface area (Å²) in [7, 11) is 0. The number of rotatable bonds is 5. The number of nitrogens with zero attached hydrogens (tertiary/aromatic N) is 1. The Bertz CT molecular complexity index is 996. The van der Waals surface area contributed by atoms with Crippen LogP contribution < -0.4 is 5.73 Å². The fourth-order valence-electron chi connectivity index (χ4n) is 2.64. The van der Waals surface area contributed by atoms with Gasteiger partial charge in [-0.1, -0.05) is 42.5 Å². The van der Waals surface area contributed by atoms with Crippen molar-refractivity contribution in [3.05, 3.63) is 105 Å². The number of hydrogen-bond donors (Lipinski definition) is 1. The molecule has 0 saturated heterocycles. The minimum atomic E-state index is -0.546. The molecule has 3 rings (SSSR count). The van der Waals surface area contributed by atoms with Gasteiger partial charge in [-0.25, -0.2) is 0 Å². The Morgan fingerprint density at radius 1 is 0.769 bits per heavy atom. The van der Waals surface area contributed by atoms with Crippen LogP contribution in [0.4, 0.5) is 11.4 Å². The summed E-state index contributed by atoms with van der Waals surface area (Å²) in [6, 6.07) is 18.5. The fraction of sp³-hybridized carbons (Fsp3) is 0. The van der Waals surface area contributed by atoms with Crippen LogP contribution in [0.1, 0.15) is 31.8 Å². The average molecular weight is 346 g/mol. The topological polar surface area (TPSA) is 103 Å². The summed E-state index contributed by atoms with van der Waals surface area (Å²) < 4.78 is 0. The highest BCUT2D eigenvalue weighted by atomic mass is 16.6. The number of nitrogen functional groups attached to an aromatic ring is 1. The first kappa shape index (κ1) is 17.0. The quantitative estimate of drug-likeness (QED) is 0.329. The van der Waals surface area contributed by atoms with E-state index in [-0.39, 0.29) is 33.8 Å². The predicted molar refractivity (Wildman–Crippen MR) is 97.3 cm³/mol. The van der Waals surface area contributed by atoms with Gasteiger partial charge in [-0.2, -0.15) is 0 Å². The summed E-state index contributed by atoms with van der Waals surface area (Å²) in [4.78, 5) is 35.9. The van der Waals surface area contributed by atoms with E-state index in [9.17, 15) is 19.7 Å². The normalized spacial score (nSPS) is 10.3. The Kier molecular flexibility index (Phi) is 4.57. The van der Waals surface area contributed by atoms with E-state index in [0.717, 1.165) is 0 Å². The maximum absolute atomic E-state index is 12.9. The summed E-state index contributed by atoms with van der Waals surface area (Å²) in [6.07, 6.45) is 0. The monoisotopic (exact) mass is 346 g/mol. The molecule has 0 unspecified atom stereocenters. The standard InChI is InChI=1S/C20H14N2O4/c21-17-8-4-7-16(19(23)13-5-2-1-3-6-13)18(17)20(24)14-9-11-15(12-10-14)22(25)26/h1-12H,21H2. The zero-order chi connectivity index (χ0) is 18.7. The van der Waals surface area contributed by atoms with Gasteiger partial charge in [0.05, 0.1) is 10.5 Å².